The van der Waals surface area contributed by atoms with Gasteiger partial charge in [0.05, 0.1) is 24.3 Å². The number of amides is 2. The first-order chi connectivity index (χ1) is 18.8. The summed E-state index contributed by atoms with van der Waals surface area (Å²) in [5, 5.41) is 17.0. The summed E-state index contributed by atoms with van der Waals surface area (Å²) in [4.78, 5) is 40.8. The van der Waals surface area contributed by atoms with E-state index in [1.165, 1.54) is 0 Å². The number of nitrogens with one attached hydrogen (secondary N) is 2. The number of anilines is 1. The van der Waals surface area contributed by atoms with Gasteiger partial charge in [-0.15, -0.1) is 24.8 Å². The van der Waals surface area contributed by atoms with Crippen LogP contribution in [0.15, 0.2) is 29.0 Å². The molecule has 0 bridgehead atoms. The zero-order chi connectivity index (χ0) is 29.1. The maximum atomic E-state index is 14.2. The Balaban J connectivity index is 0.00000308. The van der Waals surface area contributed by atoms with Crippen molar-refractivity contribution in [2.24, 2.45) is 11.8 Å². The molecule has 2 aliphatic heterocycles. The van der Waals surface area contributed by atoms with Crippen LogP contribution in [0.1, 0.15) is 82.7 Å². The van der Waals surface area contributed by atoms with Crippen LogP contribution in [0.2, 0.25) is 0 Å². The van der Waals surface area contributed by atoms with Gasteiger partial charge in [-0.2, -0.15) is 0 Å². The van der Waals surface area contributed by atoms with Crippen molar-refractivity contribution < 1.29 is 19.1 Å². The molecule has 10 nitrogen and oxygen atoms in total. The van der Waals surface area contributed by atoms with Crippen LogP contribution in [0.3, 0.4) is 0 Å². The largest absolute Gasteiger partial charge is 0.467 e. The Morgan fingerprint density at radius 1 is 1.24 bits per heavy atom. The highest BCUT2D eigenvalue weighted by atomic mass is 35.5. The van der Waals surface area contributed by atoms with E-state index >= 15 is 0 Å². The minimum absolute atomic E-state index is 0. The van der Waals surface area contributed by atoms with E-state index in [-0.39, 0.29) is 59.9 Å². The van der Waals surface area contributed by atoms with Gasteiger partial charge >= 0.3 is 0 Å². The summed E-state index contributed by atoms with van der Waals surface area (Å²) in [6.07, 6.45) is 5.00. The number of aromatic nitrogens is 2. The van der Waals surface area contributed by atoms with Gasteiger partial charge in [-0.1, -0.05) is 34.6 Å². The summed E-state index contributed by atoms with van der Waals surface area (Å²) in [5.74, 6) is 1.83. The summed E-state index contributed by atoms with van der Waals surface area (Å²) in [5.41, 5.74) is -0.590. The highest BCUT2D eigenvalue weighted by molar-refractivity contribution is 5.98. The number of nitrogens with zero attached hydrogens (tertiary/aromatic N) is 4. The quantitative estimate of drug-likeness (QED) is 0.397. The Kier molecular flexibility index (Phi) is 12.7. The van der Waals surface area contributed by atoms with Gasteiger partial charge in [-0.05, 0) is 44.2 Å². The first-order valence-corrected chi connectivity index (χ1v) is 14.5. The molecule has 3 N–H and O–H groups in total. The number of carbonyl (C=O) groups excluding carboxylic acids is 2. The van der Waals surface area contributed by atoms with Crippen molar-refractivity contribution in [2.45, 2.75) is 84.4 Å². The molecule has 0 aromatic carbocycles. The van der Waals surface area contributed by atoms with E-state index in [0.29, 0.717) is 75.7 Å². The Morgan fingerprint density at radius 3 is 2.52 bits per heavy atom. The molecule has 12 heteroatoms. The fourth-order valence-electron chi connectivity index (χ4n) is 5.38. The highest BCUT2D eigenvalue weighted by Gasteiger charge is 2.38. The van der Waals surface area contributed by atoms with Crippen LogP contribution >= 0.6 is 24.8 Å². The lowest BCUT2D eigenvalue weighted by Gasteiger charge is -2.41. The Labute approximate surface area is 262 Å². The van der Waals surface area contributed by atoms with Gasteiger partial charge < -0.3 is 30.0 Å². The minimum atomic E-state index is -0.710. The number of aliphatic hydroxyl groups is 1. The van der Waals surface area contributed by atoms with Crippen LogP contribution in [0.25, 0.3) is 0 Å². The summed E-state index contributed by atoms with van der Waals surface area (Å²) >= 11 is 0. The third-order valence-corrected chi connectivity index (χ3v) is 7.79. The molecule has 2 atom stereocenters. The number of piperidine rings is 2. The van der Waals surface area contributed by atoms with E-state index < -0.39 is 5.60 Å². The molecule has 4 rings (SSSR count). The molecule has 236 valence electrons. The fourth-order valence-corrected chi connectivity index (χ4v) is 5.38. The topological polar surface area (TPSA) is 124 Å². The Hall–Kier alpha value is -2.40. The van der Waals surface area contributed by atoms with Gasteiger partial charge in [0.1, 0.15) is 23.0 Å². The lowest BCUT2D eigenvalue weighted by molar-refractivity contribution is -0.140. The van der Waals surface area contributed by atoms with Gasteiger partial charge in [0, 0.05) is 50.4 Å². The third-order valence-electron chi connectivity index (χ3n) is 7.79. The average molecular weight is 628 g/mol. The molecule has 2 saturated heterocycles. The number of carbonyl (C=O) groups is 2. The van der Waals surface area contributed by atoms with Gasteiger partial charge in [0.2, 0.25) is 5.91 Å². The van der Waals surface area contributed by atoms with E-state index in [4.69, 9.17) is 9.40 Å². The Bertz CT molecular complexity index is 1160. The molecule has 2 aliphatic rings. The number of furan rings is 1. The molecule has 2 aromatic rings. The number of hydrogen-bond donors (Lipinski definition) is 3. The lowest BCUT2D eigenvalue weighted by atomic mass is 9.89. The zero-order valence-electron chi connectivity index (χ0n) is 25.7. The summed E-state index contributed by atoms with van der Waals surface area (Å²) in [6.45, 7) is 15.4. The van der Waals surface area contributed by atoms with Gasteiger partial charge in [0.15, 0.2) is 0 Å². The van der Waals surface area contributed by atoms with E-state index in [9.17, 15) is 14.7 Å². The molecule has 2 aromatic heterocycles. The van der Waals surface area contributed by atoms with Crippen molar-refractivity contribution in [3.05, 3.63) is 41.7 Å². The molecule has 0 spiro atoms. The molecular weight excluding hydrogens is 579 g/mol. The second-order valence-electron chi connectivity index (χ2n) is 13.1. The zero-order valence-corrected chi connectivity index (χ0v) is 27.3. The fraction of sp³-hybridized carbons (Fsp3) is 0.667. The monoisotopic (exact) mass is 626 g/mol. The first kappa shape index (κ1) is 35.8. The van der Waals surface area contributed by atoms with Crippen LogP contribution in [0.5, 0.6) is 0 Å². The van der Waals surface area contributed by atoms with Crippen LogP contribution in [0, 0.1) is 11.8 Å². The number of hydrogen-bond acceptors (Lipinski definition) is 8. The van der Waals surface area contributed by atoms with Gasteiger partial charge in [0.25, 0.3) is 5.91 Å². The molecular formula is C30H48Cl2N6O4. The van der Waals surface area contributed by atoms with Crippen molar-refractivity contribution in [3.63, 3.8) is 0 Å². The van der Waals surface area contributed by atoms with Crippen LogP contribution in [-0.2, 0) is 16.8 Å². The van der Waals surface area contributed by atoms with Crippen molar-refractivity contribution in [3.8, 4) is 0 Å². The van der Waals surface area contributed by atoms with Crippen LogP contribution in [0.4, 0.5) is 5.82 Å². The van der Waals surface area contributed by atoms with E-state index in [0.717, 1.165) is 5.76 Å². The van der Waals surface area contributed by atoms with E-state index in [1.807, 2.05) is 49.6 Å². The second-order valence-corrected chi connectivity index (χ2v) is 13.1. The highest BCUT2D eigenvalue weighted by Crippen LogP contribution is 2.28. The van der Waals surface area contributed by atoms with Gasteiger partial charge in [-0.25, -0.2) is 9.97 Å². The average Bonchev–Trinajstić information content (AvgIpc) is 3.43. The smallest absolute Gasteiger partial charge is 0.259 e. The molecule has 42 heavy (non-hydrogen) atoms. The summed E-state index contributed by atoms with van der Waals surface area (Å²) < 4.78 is 5.48. The molecule has 0 radical (unpaired) electrons. The molecule has 4 heterocycles. The van der Waals surface area contributed by atoms with Crippen LogP contribution in [-0.4, -0.2) is 81.1 Å². The Morgan fingerprint density at radius 2 is 1.93 bits per heavy atom. The number of rotatable bonds is 8. The SMILES string of the molecule is CC(C)CN(C(=O)c1cnc(C(C)(C)C)nc1NCc1ccco1)C1CNC[C@H](C(=O)N2CCC(C)(O)CC2)C1.Cl.Cl. The van der Waals surface area contributed by atoms with E-state index in [1.54, 1.807) is 12.5 Å². The predicted octanol–water partition coefficient (Wildman–Crippen LogP) is 4.27. The number of likely N-dealkylation sites (tertiary alicyclic amines) is 1. The van der Waals surface area contributed by atoms with Crippen molar-refractivity contribution >= 4 is 42.4 Å². The molecule has 1 unspecified atom stereocenters. The number of halogens is 2. The summed E-state index contributed by atoms with van der Waals surface area (Å²) in [6, 6.07) is 3.55. The molecule has 2 amide bonds. The van der Waals surface area contributed by atoms with Crippen molar-refractivity contribution in [1.29, 1.82) is 0 Å². The third kappa shape index (κ3) is 9.05. The maximum Gasteiger partial charge on any atom is 0.259 e. The second kappa shape index (κ2) is 14.9. The molecule has 0 aliphatic carbocycles. The summed E-state index contributed by atoms with van der Waals surface area (Å²) in [7, 11) is 0. The molecule has 2 fully saturated rings. The predicted molar refractivity (Wildman–Crippen MR) is 168 cm³/mol. The van der Waals surface area contributed by atoms with E-state index in [2.05, 4.69) is 29.5 Å². The van der Waals surface area contributed by atoms with Crippen molar-refractivity contribution in [1.82, 2.24) is 25.1 Å². The lowest BCUT2D eigenvalue weighted by Crippen LogP contribution is -2.56. The minimum Gasteiger partial charge on any atom is -0.467 e. The maximum absolute atomic E-state index is 14.2. The first-order valence-electron chi connectivity index (χ1n) is 14.5. The van der Waals surface area contributed by atoms with Crippen LogP contribution < -0.4 is 10.6 Å². The normalized spacial score (nSPS) is 20.3. The standard InChI is InChI=1S/C30H46N6O4.2ClH/c1-20(2)19-36(22-14-21(15-31-16-22)26(37)35-11-9-30(6,39)10-12-35)27(38)24-18-33-28(29(3,4)5)34-25(24)32-17-23-8-7-13-40-23;;/h7-8,13,18,20-22,31,39H,9-12,14-17,19H2,1-6H3,(H,32,33,34);2*1H/t21-,22?;;/m1../s1. The molecule has 0 saturated carbocycles. The van der Waals surface area contributed by atoms with Gasteiger partial charge in [-0.3, -0.25) is 9.59 Å². The van der Waals surface area contributed by atoms with Crippen molar-refractivity contribution in [2.75, 3.05) is 38.0 Å².